The predicted molar refractivity (Wildman–Crippen MR) is 107 cm³/mol. The van der Waals surface area contributed by atoms with Gasteiger partial charge in [0.25, 0.3) is 5.69 Å². The van der Waals surface area contributed by atoms with Crippen molar-refractivity contribution in [2.45, 2.75) is 33.6 Å². The van der Waals surface area contributed by atoms with E-state index in [9.17, 15) is 19.7 Å². The minimum Gasteiger partial charge on any atom is -0.326 e. The van der Waals surface area contributed by atoms with Gasteiger partial charge in [0.1, 0.15) is 0 Å². The van der Waals surface area contributed by atoms with Gasteiger partial charge in [0.2, 0.25) is 11.8 Å². The summed E-state index contributed by atoms with van der Waals surface area (Å²) in [5.41, 5.74) is 6.43. The van der Waals surface area contributed by atoms with Crippen LogP contribution in [-0.2, 0) is 9.59 Å². The third-order valence-electron chi connectivity index (χ3n) is 4.21. The summed E-state index contributed by atoms with van der Waals surface area (Å²) in [7, 11) is 0. The molecule has 2 N–H and O–H groups in total. The summed E-state index contributed by atoms with van der Waals surface area (Å²) in [5, 5.41) is 17.4. The van der Waals surface area contributed by atoms with Crippen LogP contribution in [0.15, 0.2) is 47.6 Å². The Labute approximate surface area is 162 Å². The molecule has 0 radical (unpaired) electrons. The average Bonchev–Trinajstić information content (AvgIpc) is 2.67. The molecule has 0 saturated heterocycles. The first-order chi connectivity index (χ1) is 13.3. The molecule has 2 aromatic rings. The van der Waals surface area contributed by atoms with E-state index in [2.05, 4.69) is 15.8 Å². The highest BCUT2D eigenvalue weighted by molar-refractivity contribution is 5.99. The Morgan fingerprint density at radius 3 is 2.25 bits per heavy atom. The number of rotatable bonds is 7. The summed E-state index contributed by atoms with van der Waals surface area (Å²) in [5.74, 6) is -0.647. The van der Waals surface area contributed by atoms with Crippen LogP contribution >= 0.6 is 0 Å². The Morgan fingerprint density at radius 1 is 1.00 bits per heavy atom. The molecule has 0 aromatic heterocycles. The third-order valence-corrected chi connectivity index (χ3v) is 4.21. The van der Waals surface area contributed by atoms with Gasteiger partial charge in [-0.15, -0.1) is 0 Å². The largest absolute Gasteiger partial charge is 0.326 e. The SMILES string of the molecule is CC(=NNC(=O)CCC(=O)Nc1ccc(C)c(C)c1)c1ccc([N+](=O)[O-])cc1. The Kier molecular flexibility index (Phi) is 6.97. The lowest BCUT2D eigenvalue weighted by Gasteiger charge is -2.07. The van der Waals surface area contributed by atoms with E-state index in [0.717, 1.165) is 11.1 Å². The topological polar surface area (TPSA) is 114 Å². The minimum absolute atomic E-state index is 0.00623. The Bertz CT molecular complexity index is 920. The van der Waals surface area contributed by atoms with Crippen LogP contribution in [0.5, 0.6) is 0 Å². The van der Waals surface area contributed by atoms with Crippen molar-refractivity contribution in [2.24, 2.45) is 5.10 Å². The van der Waals surface area contributed by atoms with Crippen LogP contribution in [-0.4, -0.2) is 22.4 Å². The van der Waals surface area contributed by atoms with Crippen molar-refractivity contribution in [1.82, 2.24) is 5.43 Å². The van der Waals surface area contributed by atoms with Crippen molar-refractivity contribution >= 4 is 28.9 Å². The summed E-state index contributed by atoms with van der Waals surface area (Å²) in [6.45, 7) is 5.63. The highest BCUT2D eigenvalue weighted by atomic mass is 16.6. The zero-order chi connectivity index (χ0) is 20.7. The molecule has 8 nitrogen and oxygen atoms in total. The number of aryl methyl sites for hydroxylation is 2. The zero-order valence-electron chi connectivity index (χ0n) is 16.0. The molecular weight excluding hydrogens is 360 g/mol. The molecule has 2 aromatic carbocycles. The standard InChI is InChI=1S/C20H22N4O4/c1-13-4-7-17(12-14(13)2)21-19(25)10-11-20(26)23-22-15(3)16-5-8-18(9-6-16)24(27)28/h4-9,12H,10-11H2,1-3H3,(H,21,25)(H,23,26). The maximum atomic E-state index is 12.0. The molecule has 8 heteroatoms. The van der Waals surface area contributed by atoms with Gasteiger partial charge >= 0.3 is 0 Å². The molecule has 0 aliphatic rings. The Hall–Kier alpha value is -3.55. The van der Waals surface area contributed by atoms with Crippen molar-refractivity contribution in [3.8, 4) is 0 Å². The summed E-state index contributed by atoms with van der Waals surface area (Å²) in [6.07, 6.45) is 0.0264. The first kappa shape index (κ1) is 20.8. The number of nitro benzene ring substituents is 1. The normalized spacial score (nSPS) is 11.0. The van der Waals surface area contributed by atoms with Gasteiger partial charge in [-0.05, 0) is 61.7 Å². The molecule has 28 heavy (non-hydrogen) atoms. The second-order valence-corrected chi connectivity index (χ2v) is 6.38. The molecular formula is C20H22N4O4. The van der Waals surface area contributed by atoms with Crippen LogP contribution in [0.2, 0.25) is 0 Å². The number of anilines is 1. The van der Waals surface area contributed by atoms with Gasteiger partial charge in [-0.25, -0.2) is 5.43 Å². The van der Waals surface area contributed by atoms with Crippen molar-refractivity contribution in [2.75, 3.05) is 5.32 Å². The van der Waals surface area contributed by atoms with Crippen LogP contribution in [0, 0.1) is 24.0 Å². The molecule has 0 atom stereocenters. The number of hydrogen-bond acceptors (Lipinski definition) is 5. The third kappa shape index (κ3) is 6.01. The van der Waals surface area contributed by atoms with E-state index in [-0.39, 0.29) is 24.4 Å². The zero-order valence-corrected chi connectivity index (χ0v) is 16.0. The molecule has 2 amide bonds. The highest BCUT2D eigenvalue weighted by Crippen LogP contribution is 2.15. The first-order valence-corrected chi connectivity index (χ1v) is 8.71. The van der Waals surface area contributed by atoms with Gasteiger partial charge < -0.3 is 5.32 Å². The Morgan fingerprint density at radius 2 is 1.64 bits per heavy atom. The van der Waals surface area contributed by atoms with E-state index in [4.69, 9.17) is 0 Å². The van der Waals surface area contributed by atoms with Crippen molar-refractivity contribution in [1.29, 1.82) is 0 Å². The minimum atomic E-state index is -0.485. The predicted octanol–water partition coefficient (Wildman–Crippen LogP) is 3.47. The van der Waals surface area contributed by atoms with Gasteiger partial charge in [-0.2, -0.15) is 5.10 Å². The quantitative estimate of drug-likeness (QED) is 0.433. The van der Waals surface area contributed by atoms with E-state index >= 15 is 0 Å². The second-order valence-electron chi connectivity index (χ2n) is 6.38. The van der Waals surface area contributed by atoms with E-state index in [1.54, 1.807) is 19.1 Å². The molecule has 0 aliphatic heterocycles. The van der Waals surface area contributed by atoms with E-state index in [1.165, 1.54) is 12.1 Å². The fourth-order valence-electron chi connectivity index (χ4n) is 2.36. The number of nitro groups is 1. The maximum Gasteiger partial charge on any atom is 0.269 e. The van der Waals surface area contributed by atoms with E-state index < -0.39 is 10.8 Å². The number of nitrogens with zero attached hydrogens (tertiary/aromatic N) is 2. The second kappa shape index (κ2) is 9.40. The molecule has 0 unspecified atom stereocenters. The lowest BCUT2D eigenvalue weighted by atomic mass is 10.1. The number of amides is 2. The highest BCUT2D eigenvalue weighted by Gasteiger charge is 2.09. The molecule has 0 heterocycles. The molecule has 0 spiro atoms. The maximum absolute atomic E-state index is 12.0. The fraction of sp³-hybridized carbons (Fsp3) is 0.250. The number of nitrogens with one attached hydrogen (secondary N) is 2. The lowest BCUT2D eigenvalue weighted by molar-refractivity contribution is -0.384. The molecule has 0 bridgehead atoms. The van der Waals surface area contributed by atoms with Crippen LogP contribution in [0.1, 0.15) is 36.5 Å². The summed E-state index contributed by atoms with van der Waals surface area (Å²) < 4.78 is 0. The van der Waals surface area contributed by atoms with Crippen molar-refractivity contribution in [3.05, 3.63) is 69.3 Å². The number of hydrogen-bond donors (Lipinski definition) is 2. The van der Waals surface area contributed by atoms with Crippen LogP contribution in [0.3, 0.4) is 0 Å². The molecule has 146 valence electrons. The first-order valence-electron chi connectivity index (χ1n) is 8.71. The van der Waals surface area contributed by atoms with Crippen LogP contribution < -0.4 is 10.7 Å². The molecule has 0 aliphatic carbocycles. The summed E-state index contributed by atoms with van der Waals surface area (Å²) in [4.78, 5) is 34.0. The number of benzene rings is 2. The molecule has 0 fully saturated rings. The monoisotopic (exact) mass is 382 g/mol. The van der Waals surface area contributed by atoms with Gasteiger partial charge in [0.15, 0.2) is 0 Å². The average molecular weight is 382 g/mol. The number of non-ortho nitro benzene ring substituents is 1. The molecule has 0 saturated carbocycles. The van der Waals surface area contributed by atoms with Gasteiger partial charge in [-0.3, -0.25) is 19.7 Å². The van der Waals surface area contributed by atoms with Gasteiger partial charge in [-0.1, -0.05) is 6.07 Å². The number of carbonyl (C=O) groups excluding carboxylic acids is 2. The van der Waals surface area contributed by atoms with Crippen LogP contribution in [0.4, 0.5) is 11.4 Å². The number of carbonyl (C=O) groups is 2. The Balaban J connectivity index is 1.82. The van der Waals surface area contributed by atoms with Crippen molar-refractivity contribution in [3.63, 3.8) is 0 Å². The van der Waals surface area contributed by atoms with Gasteiger partial charge in [0, 0.05) is 30.7 Å². The summed E-state index contributed by atoms with van der Waals surface area (Å²) in [6, 6.07) is 11.5. The lowest BCUT2D eigenvalue weighted by Crippen LogP contribution is -2.21. The fourth-order valence-corrected chi connectivity index (χ4v) is 2.36. The van der Waals surface area contributed by atoms with Gasteiger partial charge in [0.05, 0.1) is 10.6 Å². The number of hydrazone groups is 1. The van der Waals surface area contributed by atoms with Crippen molar-refractivity contribution < 1.29 is 14.5 Å². The van der Waals surface area contributed by atoms with E-state index in [0.29, 0.717) is 17.0 Å². The molecule has 2 rings (SSSR count). The van der Waals surface area contributed by atoms with E-state index in [1.807, 2.05) is 32.0 Å². The summed E-state index contributed by atoms with van der Waals surface area (Å²) >= 11 is 0. The van der Waals surface area contributed by atoms with Crippen LogP contribution in [0.25, 0.3) is 0 Å². The smallest absolute Gasteiger partial charge is 0.269 e.